The van der Waals surface area contributed by atoms with E-state index >= 15 is 0 Å². The summed E-state index contributed by atoms with van der Waals surface area (Å²) in [6.45, 7) is 7.08. The zero-order valence-corrected chi connectivity index (χ0v) is 10.4. The van der Waals surface area contributed by atoms with Crippen molar-refractivity contribution in [1.29, 1.82) is 0 Å². The van der Waals surface area contributed by atoms with Crippen LogP contribution in [-0.2, 0) is 0 Å². The lowest BCUT2D eigenvalue weighted by Gasteiger charge is -2.14. The van der Waals surface area contributed by atoms with Crippen LogP contribution in [0, 0.1) is 17.8 Å². The number of unbranched alkanes of at least 4 members (excludes halogenated alkanes) is 3. The van der Waals surface area contributed by atoms with E-state index in [4.69, 9.17) is 0 Å². The van der Waals surface area contributed by atoms with Gasteiger partial charge in [-0.25, -0.2) is 0 Å². The van der Waals surface area contributed by atoms with E-state index in [0.29, 0.717) is 0 Å². The lowest BCUT2D eigenvalue weighted by molar-refractivity contribution is 0.368. The lowest BCUT2D eigenvalue weighted by Crippen LogP contribution is -2.04. The highest BCUT2D eigenvalue weighted by Gasteiger charge is 2.25. The van der Waals surface area contributed by atoms with E-state index in [2.05, 4.69) is 20.8 Å². The van der Waals surface area contributed by atoms with E-state index in [1.165, 1.54) is 51.4 Å². The smallest absolute Gasteiger partial charge is 0.0388 e. The molecule has 1 aliphatic rings. The van der Waals surface area contributed by atoms with Crippen LogP contribution in [0.3, 0.4) is 0 Å². The highest BCUT2D eigenvalue weighted by molar-refractivity contribution is 4.77. The normalized spacial score (nSPS) is 27.4. The minimum atomic E-state index is 0.927. The fourth-order valence-electron chi connectivity index (χ4n) is 2.84. The second-order valence-electron chi connectivity index (χ2n) is 5.53. The van der Waals surface area contributed by atoms with Gasteiger partial charge in [-0.2, -0.15) is 0 Å². The molecule has 0 aliphatic heterocycles. The third-order valence-corrected chi connectivity index (χ3v) is 3.99. The van der Waals surface area contributed by atoms with Crippen LogP contribution in [0.2, 0.25) is 0 Å². The van der Waals surface area contributed by atoms with Gasteiger partial charge in [0.2, 0.25) is 0 Å². The van der Waals surface area contributed by atoms with E-state index < -0.39 is 0 Å². The molecule has 1 saturated carbocycles. The summed E-state index contributed by atoms with van der Waals surface area (Å²) in [5.41, 5.74) is 0. The van der Waals surface area contributed by atoms with Crippen molar-refractivity contribution < 1.29 is 0 Å². The Morgan fingerprint density at radius 3 is 2.43 bits per heavy atom. The largest absolute Gasteiger partial charge is 0.0654 e. The average Bonchev–Trinajstić information content (AvgIpc) is 2.61. The molecule has 0 heteroatoms. The first-order valence-corrected chi connectivity index (χ1v) is 6.74. The lowest BCUT2D eigenvalue weighted by atomic mass is 9.92. The Kier molecular flexibility index (Phi) is 5.59. The Morgan fingerprint density at radius 1 is 1.07 bits per heavy atom. The molecule has 0 N–H and O–H groups in total. The molecule has 0 aromatic heterocycles. The first-order valence-electron chi connectivity index (χ1n) is 6.74. The summed E-state index contributed by atoms with van der Waals surface area (Å²) < 4.78 is 0. The first-order chi connectivity index (χ1) is 6.74. The maximum Gasteiger partial charge on any atom is -0.0388 e. The summed E-state index contributed by atoms with van der Waals surface area (Å²) in [5.74, 6) is 3.06. The standard InChI is InChI=1S/C14H28/c1-4-5-6-7-8-13-9-10-14(11-13)12(2)3/h12-14H,4-11H2,1-3H3. The van der Waals surface area contributed by atoms with Crippen molar-refractivity contribution in [3.05, 3.63) is 0 Å². The van der Waals surface area contributed by atoms with Crippen LogP contribution >= 0.6 is 0 Å². The molecule has 0 heterocycles. The third-order valence-electron chi connectivity index (χ3n) is 3.99. The molecule has 14 heavy (non-hydrogen) atoms. The maximum absolute atomic E-state index is 2.39. The van der Waals surface area contributed by atoms with Gasteiger partial charge in [-0.15, -0.1) is 0 Å². The van der Waals surface area contributed by atoms with Crippen molar-refractivity contribution in [3.8, 4) is 0 Å². The zero-order valence-electron chi connectivity index (χ0n) is 10.4. The molecule has 0 aromatic rings. The summed E-state index contributed by atoms with van der Waals surface area (Å²) in [6, 6.07) is 0. The number of rotatable bonds is 6. The fraction of sp³-hybridized carbons (Fsp3) is 1.00. The van der Waals surface area contributed by atoms with Gasteiger partial charge in [0, 0.05) is 0 Å². The monoisotopic (exact) mass is 196 g/mol. The Balaban J connectivity index is 2.04. The van der Waals surface area contributed by atoms with Crippen molar-refractivity contribution in [2.75, 3.05) is 0 Å². The van der Waals surface area contributed by atoms with Gasteiger partial charge in [-0.1, -0.05) is 59.3 Å². The predicted molar refractivity (Wildman–Crippen MR) is 64.4 cm³/mol. The molecule has 0 amide bonds. The van der Waals surface area contributed by atoms with Gasteiger partial charge in [0.15, 0.2) is 0 Å². The van der Waals surface area contributed by atoms with E-state index in [1.54, 1.807) is 0 Å². The number of hydrogen-bond acceptors (Lipinski definition) is 0. The van der Waals surface area contributed by atoms with Crippen molar-refractivity contribution in [2.45, 2.75) is 72.1 Å². The SMILES string of the molecule is CCCCCCC1CCC(C(C)C)C1. The first kappa shape index (κ1) is 12.1. The van der Waals surface area contributed by atoms with Crippen molar-refractivity contribution >= 4 is 0 Å². The van der Waals surface area contributed by atoms with E-state index in [-0.39, 0.29) is 0 Å². The second-order valence-corrected chi connectivity index (χ2v) is 5.53. The van der Waals surface area contributed by atoms with Crippen LogP contribution in [0.4, 0.5) is 0 Å². The summed E-state index contributed by atoms with van der Waals surface area (Å²) in [7, 11) is 0. The molecule has 1 aliphatic carbocycles. The molecule has 1 fully saturated rings. The van der Waals surface area contributed by atoms with Gasteiger partial charge >= 0.3 is 0 Å². The molecule has 0 aromatic carbocycles. The summed E-state index contributed by atoms with van der Waals surface area (Å²) in [5, 5.41) is 0. The van der Waals surface area contributed by atoms with Crippen LogP contribution < -0.4 is 0 Å². The van der Waals surface area contributed by atoms with Gasteiger partial charge in [-0.3, -0.25) is 0 Å². The summed E-state index contributed by atoms with van der Waals surface area (Å²) in [4.78, 5) is 0. The van der Waals surface area contributed by atoms with Gasteiger partial charge in [0.1, 0.15) is 0 Å². The van der Waals surface area contributed by atoms with Crippen LogP contribution in [0.15, 0.2) is 0 Å². The Bertz CT molecular complexity index is 137. The molecule has 0 radical (unpaired) electrons. The third kappa shape index (κ3) is 4.02. The second kappa shape index (κ2) is 6.48. The van der Waals surface area contributed by atoms with Crippen LogP contribution in [0.25, 0.3) is 0 Å². The molecular weight excluding hydrogens is 168 g/mol. The van der Waals surface area contributed by atoms with Gasteiger partial charge in [-0.05, 0) is 30.6 Å². The van der Waals surface area contributed by atoms with Crippen LogP contribution in [0.1, 0.15) is 72.1 Å². The quantitative estimate of drug-likeness (QED) is 0.523. The minimum absolute atomic E-state index is 0.927. The molecule has 0 nitrogen and oxygen atoms in total. The van der Waals surface area contributed by atoms with Crippen LogP contribution in [-0.4, -0.2) is 0 Å². The van der Waals surface area contributed by atoms with Crippen molar-refractivity contribution in [1.82, 2.24) is 0 Å². The molecule has 0 saturated heterocycles. The molecule has 0 bridgehead atoms. The fourth-order valence-corrected chi connectivity index (χ4v) is 2.84. The average molecular weight is 196 g/mol. The van der Waals surface area contributed by atoms with E-state index in [0.717, 1.165) is 17.8 Å². The van der Waals surface area contributed by atoms with Gasteiger partial charge < -0.3 is 0 Å². The topological polar surface area (TPSA) is 0 Å². The molecular formula is C14H28. The molecule has 0 spiro atoms. The number of hydrogen-bond donors (Lipinski definition) is 0. The molecule has 2 unspecified atom stereocenters. The molecule has 84 valence electrons. The summed E-state index contributed by atoms with van der Waals surface area (Å²) >= 11 is 0. The van der Waals surface area contributed by atoms with Gasteiger partial charge in [0.05, 0.1) is 0 Å². The van der Waals surface area contributed by atoms with Crippen LogP contribution in [0.5, 0.6) is 0 Å². The maximum atomic E-state index is 2.39. The Labute approximate surface area is 90.5 Å². The minimum Gasteiger partial charge on any atom is -0.0654 e. The predicted octanol–water partition coefficient (Wildman–Crippen LogP) is 5.03. The van der Waals surface area contributed by atoms with Gasteiger partial charge in [0.25, 0.3) is 0 Å². The molecule has 2 atom stereocenters. The molecule has 1 rings (SSSR count). The highest BCUT2D eigenvalue weighted by Crippen LogP contribution is 2.38. The highest BCUT2D eigenvalue weighted by atomic mass is 14.3. The Morgan fingerprint density at radius 2 is 1.86 bits per heavy atom. The van der Waals surface area contributed by atoms with Crippen molar-refractivity contribution in [3.63, 3.8) is 0 Å². The Hall–Kier alpha value is 0. The van der Waals surface area contributed by atoms with E-state index in [1.807, 2.05) is 0 Å². The van der Waals surface area contributed by atoms with E-state index in [9.17, 15) is 0 Å². The zero-order chi connectivity index (χ0) is 10.4. The summed E-state index contributed by atoms with van der Waals surface area (Å²) in [6.07, 6.45) is 11.9. The van der Waals surface area contributed by atoms with Crippen molar-refractivity contribution in [2.24, 2.45) is 17.8 Å².